The van der Waals surface area contributed by atoms with Gasteiger partial charge in [-0.2, -0.15) is 0 Å². The van der Waals surface area contributed by atoms with Crippen LogP contribution in [0.3, 0.4) is 0 Å². The molecule has 0 radical (unpaired) electrons. The molecule has 1 heterocycles. The number of hydrogen-bond acceptors (Lipinski definition) is 3. The van der Waals surface area contributed by atoms with Crippen molar-refractivity contribution < 1.29 is 4.74 Å². The van der Waals surface area contributed by atoms with E-state index in [0.29, 0.717) is 12.0 Å². The van der Waals surface area contributed by atoms with Gasteiger partial charge in [0.25, 0.3) is 0 Å². The molecule has 1 aromatic heterocycles. The zero-order chi connectivity index (χ0) is 14.7. The lowest BCUT2D eigenvalue weighted by Crippen LogP contribution is -2.09. The molecule has 0 fully saturated rings. The molecule has 0 saturated heterocycles. The summed E-state index contributed by atoms with van der Waals surface area (Å²) < 4.78 is 7.95. The number of hydrogen-bond donors (Lipinski definition) is 1. The van der Waals surface area contributed by atoms with E-state index in [1.54, 1.807) is 0 Å². The third-order valence-electron chi connectivity index (χ3n) is 3.49. The fourth-order valence-corrected chi connectivity index (χ4v) is 2.55. The van der Waals surface area contributed by atoms with E-state index in [1.807, 2.05) is 26.0 Å². The van der Waals surface area contributed by atoms with Crippen molar-refractivity contribution in [1.82, 2.24) is 9.55 Å². The molecule has 1 aromatic carbocycles. The van der Waals surface area contributed by atoms with Crippen molar-refractivity contribution in [3.63, 3.8) is 0 Å². The molecule has 0 aliphatic carbocycles. The fourth-order valence-electron chi connectivity index (χ4n) is 2.55. The number of imidazole rings is 1. The summed E-state index contributed by atoms with van der Waals surface area (Å²) in [6, 6.07) is 6.38. The van der Waals surface area contributed by atoms with E-state index in [0.717, 1.165) is 23.2 Å². The van der Waals surface area contributed by atoms with Crippen LogP contribution in [0.2, 0.25) is 0 Å². The second-order valence-electron chi connectivity index (χ2n) is 5.62. The largest absolute Gasteiger partial charge is 0.489 e. The number of nitrogens with two attached hydrogens (primary N) is 1. The maximum Gasteiger partial charge on any atom is 0.201 e. The Kier molecular flexibility index (Phi) is 4.53. The number of unbranched alkanes of at least 4 members (excludes halogenated alkanes) is 1. The van der Waals surface area contributed by atoms with Gasteiger partial charge in [0, 0.05) is 6.04 Å². The van der Waals surface area contributed by atoms with Crippen LogP contribution < -0.4 is 10.5 Å². The summed E-state index contributed by atoms with van der Waals surface area (Å²) in [7, 11) is 0. The van der Waals surface area contributed by atoms with Gasteiger partial charge >= 0.3 is 0 Å². The number of rotatable bonds is 6. The van der Waals surface area contributed by atoms with E-state index >= 15 is 0 Å². The standard InChI is InChI=1S/C16H25N3O/c1-5-6-8-12(4)19-13-9-7-10-14(20-11(2)3)15(13)18-16(19)17/h7,9-12H,5-6,8H2,1-4H3,(H2,17,18). The minimum absolute atomic E-state index is 0.129. The van der Waals surface area contributed by atoms with Gasteiger partial charge in [0.15, 0.2) is 0 Å². The van der Waals surface area contributed by atoms with Gasteiger partial charge in [-0.15, -0.1) is 0 Å². The molecular formula is C16H25N3O. The number of para-hydroxylation sites is 1. The highest BCUT2D eigenvalue weighted by molar-refractivity contribution is 5.84. The molecule has 1 atom stereocenters. The van der Waals surface area contributed by atoms with E-state index in [1.165, 1.54) is 12.8 Å². The minimum atomic E-state index is 0.129. The Morgan fingerprint density at radius 2 is 2.05 bits per heavy atom. The first-order chi connectivity index (χ1) is 9.54. The Labute approximate surface area is 120 Å². The molecule has 20 heavy (non-hydrogen) atoms. The number of fused-ring (bicyclic) bond motifs is 1. The molecule has 4 heteroatoms. The lowest BCUT2D eigenvalue weighted by Gasteiger charge is -2.16. The lowest BCUT2D eigenvalue weighted by molar-refractivity contribution is 0.245. The Hall–Kier alpha value is -1.71. The van der Waals surface area contributed by atoms with Crippen molar-refractivity contribution in [2.75, 3.05) is 5.73 Å². The molecule has 0 aliphatic heterocycles. The van der Waals surface area contributed by atoms with Gasteiger partial charge in [0.05, 0.1) is 11.6 Å². The van der Waals surface area contributed by atoms with Crippen molar-refractivity contribution in [2.24, 2.45) is 0 Å². The van der Waals surface area contributed by atoms with Crippen LogP contribution in [0.25, 0.3) is 11.0 Å². The second kappa shape index (κ2) is 6.16. The Morgan fingerprint density at radius 1 is 1.30 bits per heavy atom. The fraction of sp³-hybridized carbons (Fsp3) is 0.562. The van der Waals surface area contributed by atoms with Crippen LogP contribution in [0.5, 0.6) is 5.75 Å². The van der Waals surface area contributed by atoms with Gasteiger partial charge in [-0.25, -0.2) is 4.98 Å². The number of anilines is 1. The topological polar surface area (TPSA) is 53.1 Å². The van der Waals surface area contributed by atoms with Crippen molar-refractivity contribution >= 4 is 17.0 Å². The third kappa shape index (κ3) is 2.89. The van der Waals surface area contributed by atoms with Crippen molar-refractivity contribution in [1.29, 1.82) is 0 Å². The average molecular weight is 275 g/mol. The first-order valence-corrected chi connectivity index (χ1v) is 7.47. The van der Waals surface area contributed by atoms with E-state index in [2.05, 4.69) is 29.5 Å². The molecule has 2 aromatic rings. The predicted molar refractivity (Wildman–Crippen MR) is 84.1 cm³/mol. The first-order valence-electron chi connectivity index (χ1n) is 7.47. The maximum atomic E-state index is 6.12. The van der Waals surface area contributed by atoms with E-state index in [-0.39, 0.29) is 6.10 Å². The Morgan fingerprint density at radius 3 is 2.70 bits per heavy atom. The molecule has 0 spiro atoms. The summed E-state index contributed by atoms with van der Waals surface area (Å²) >= 11 is 0. The molecule has 1 unspecified atom stereocenters. The van der Waals surface area contributed by atoms with Gasteiger partial charge in [-0.1, -0.05) is 25.8 Å². The van der Waals surface area contributed by atoms with Gasteiger partial charge in [-0.3, -0.25) is 0 Å². The summed E-state index contributed by atoms with van der Waals surface area (Å²) in [6.45, 7) is 8.44. The molecular weight excluding hydrogens is 250 g/mol. The van der Waals surface area contributed by atoms with Crippen LogP contribution in [0.4, 0.5) is 5.95 Å². The van der Waals surface area contributed by atoms with Gasteiger partial charge in [-0.05, 0) is 39.3 Å². The highest BCUT2D eigenvalue weighted by atomic mass is 16.5. The summed E-state index contributed by atoms with van der Waals surface area (Å²) in [6.07, 6.45) is 3.63. The summed E-state index contributed by atoms with van der Waals surface area (Å²) in [5.74, 6) is 1.38. The lowest BCUT2D eigenvalue weighted by atomic mass is 10.1. The van der Waals surface area contributed by atoms with Crippen molar-refractivity contribution in [3.8, 4) is 5.75 Å². The molecule has 0 saturated carbocycles. The zero-order valence-electron chi connectivity index (χ0n) is 12.9. The quantitative estimate of drug-likeness (QED) is 0.861. The van der Waals surface area contributed by atoms with Crippen LogP contribution in [-0.2, 0) is 0 Å². The molecule has 0 bridgehead atoms. The SMILES string of the molecule is CCCCC(C)n1c(N)nc2c(OC(C)C)cccc21. The van der Waals surface area contributed by atoms with Gasteiger partial charge in [0.1, 0.15) is 11.3 Å². The van der Waals surface area contributed by atoms with Crippen LogP contribution in [0.15, 0.2) is 18.2 Å². The number of aromatic nitrogens is 2. The third-order valence-corrected chi connectivity index (χ3v) is 3.49. The second-order valence-corrected chi connectivity index (χ2v) is 5.62. The van der Waals surface area contributed by atoms with Gasteiger partial charge in [0.2, 0.25) is 5.95 Å². The molecule has 2 N–H and O–H groups in total. The smallest absolute Gasteiger partial charge is 0.201 e. The molecule has 0 amide bonds. The molecule has 110 valence electrons. The summed E-state index contributed by atoms with van der Waals surface area (Å²) in [4.78, 5) is 4.51. The highest BCUT2D eigenvalue weighted by Gasteiger charge is 2.16. The van der Waals surface area contributed by atoms with E-state index < -0.39 is 0 Å². The number of benzene rings is 1. The summed E-state index contributed by atoms with van der Waals surface area (Å²) in [5.41, 5.74) is 8.04. The first kappa shape index (κ1) is 14.7. The normalized spacial score (nSPS) is 13.1. The van der Waals surface area contributed by atoms with E-state index in [9.17, 15) is 0 Å². The number of nitrogen functional groups attached to an aromatic ring is 1. The molecule has 0 aliphatic rings. The number of ether oxygens (including phenoxy) is 1. The van der Waals surface area contributed by atoms with Crippen LogP contribution >= 0.6 is 0 Å². The van der Waals surface area contributed by atoms with Crippen LogP contribution in [-0.4, -0.2) is 15.7 Å². The Balaban J connectivity index is 2.43. The van der Waals surface area contributed by atoms with Gasteiger partial charge < -0.3 is 15.0 Å². The average Bonchev–Trinajstić information content (AvgIpc) is 2.73. The summed E-state index contributed by atoms with van der Waals surface area (Å²) in [5, 5.41) is 0. The van der Waals surface area contributed by atoms with Crippen LogP contribution in [0, 0.1) is 0 Å². The number of nitrogens with zero attached hydrogens (tertiary/aromatic N) is 2. The Bertz CT molecular complexity index is 574. The predicted octanol–water partition coefficient (Wildman–Crippen LogP) is 4.16. The van der Waals surface area contributed by atoms with Crippen molar-refractivity contribution in [3.05, 3.63) is 18.2 Å². The maximum absolute atomic E-state index is 6.12. The minimum Gasteiger partial charge on any atom is -0.489 e. The van der Waals surface area contributed by atoms with Crippen LogP contribution in [0.1, 0.15) is 53.0 Å². The van der Waals surface area contributed by atoms with Crippen molar-refractivity contribution in [2.45, 2.75) is 59.1 Å². The molecule has 2 rings (SSSR count). The highest BCUT2D eigenvalue weighted by Crippen LogP contribution is 2.31. The monoisotopic (exact) mass is 275 g/mol. The zero-order valence-corrected chi connectivity index (χ0v) is 12.9. The van der Waals surface area contributed by atoms with E-state index in [4.69, 9.17) is 10.5 Å². The molecule has 4 nitrogen and oxygen atoms in total.